The van der Waals surface area contributed by atoms with Crippen LogP contribution in [0.15, 0.2) is 59.6 Å². The molecule has 0 aromatic heterocycles. The number of aliphatic hydroxyl groups excluding tert-OH is 1. The highest BCUT2D eigenvalue weighted by Gasteiger charge is 2.23. The number of nitrogens with zero attached hydrogens (tertiary/aromatic N) is 2. The molecule has 0 bridgehead atoms. The average Bonchev–Trinajstić information content (AvgIpc) is 3.16. The summed E-state index contributed by atoms with van der Waals surface area (Å²) in [6.07, 6.45) is 1.21. The smallest absolute Gasteiger partial charge is 0.191 e. The van der Waals surface area contributed by atoms with Gasteiger partial charge in [0.1, 0.15) is 0 Å². The summed E-state index contributed by atoms with van der Waals surface area (Å²) >= 11 is 0. The molecule has 5 nitrogen and oxygen atoms in total. The van der Waals surface area contributed by atoms with Crippen molar-refractivity contribution in [2.24, 2.45) is 4.99 Å². The van der Waals surface area contributed by atoms with Gasteiger partial charge in [0.25, 0.3) is 0 Å². The molecule has 5 heteroatoms. The number of rotatable bonds is 7. The van der Waals surface area contributed by atoms with E-state index >= 15 is 0 Å². The normalized spacial score (nSPS) is 18.2. The molecule has 0 spiro atoms. The molecule has 0 aliphatic carbocycles. The molecule has 1 saturated heterocycles. The van der Waals surface area contributed by atoms with Gasteiger partial charge in [-0.05, 0) is 38.0 Å². The molecule has 0 amide bonds. The van der Waals surface area contributed by atoms with E-state index in [1.54, 1.807) is 0 Å². The van der Waals surface area contributed by atoms with Gasteiger partial charge in [0, 0.05) is 37.8 Å². The first-order chi connectivity index (χ1) is 13.6. The number of hydrogen-bond donors (Lipinski definition) is 3. The lowest BCUT2D eigenvalue weighted by atomic mass is 10.1. The van der Waals surface area contributed by atoms with Gasteiger partial charge in [-0.2, -0.15) is 0 Å². The maximum Gasteiger partial charge on any atom is 0.191 e. The molecule has 3 N–H and O–H groups in total. The van der Waals surface area contributed by atoms with Crippen LogP contribution in [-0.4, -0.2) is 49.4 Å². The van der Waals surface area contributed by atoms with E-state index in [4.69, 9.17) is 0 Å². The van der Waals surface area contributed by atoms with Gasteiger partial charge in [-0.1, -0.05) is 48.0 Å². The Morgan fingerprint density at radius 2 is 1.93 bits per heavy atom. The van der Waals surface area contributed by atoms with Crippen LogP contribution in [0.1, 0.15) is 24.5 Å². The fourth-order valence-electron chi connectivity index (χ4n) is 3.53. The van der Waals surface area contributed by atoms with E-state index in [1.165, 1.54) is 11.3 Å². The first-order valence-corrected chi connectivity index (χ1v) is 10.2. The summed E-state index contributed by atoms with van der Waals surface area (Å²) in [4.78, 5) is 7.02. The molecule has 1 fully saturated rings. The second-order valence-corrected chi connectivity index (χ2v) is 7.47. The second kappa shape index (κ2) is 10.1. The van der Waals surface area contributed by atoms with Gasteiger partial charge in [0.05, 0.1) is 12.6 Å². The van der Waals surface area contributed by atoms with Crippen molar-refractivity contribution in [2.75, 3.05) is 31.1 Å². The summed E-state index contributed by atoms with van der Waals surface area (Å²) in [6, 6.07) is 19.1. The van der Waals surface area contributed by atoms with Crippen molar-refractivity contribution in [1.29, 1.82) is 0 Å². The Morgan fingerprint density at radius 1 is 1.18 bits per heavy atom. The zero-order valence-electron chi connectivity index (χ0n) is 16.9. The molecule has 2 aromatic carbocycles. The van der Waals surface area contributed by atoms with Gasteiger partial charge in [-0.15, -0.1) is 0 Å². The number of hydrogen-bond acceptors (Lipinski definition) is 3. The fraction of sp³-hybridized carbons (Fsp3) is 0.435. The van der Waals surface area contributed by atoms with Gasteiger partial charge in [-0.3, -0.25) is 4.99 Å². The first kappa shape index (κ1) is 20.2. The molecule has 1 heterocycles. The summed E-state index contributed by atoms with van der Waals surface area (Å²) in [5, 5.41) is 17.2. The van der Waals surface area contributed by atoms with Crippen LogP contribution in [0, 0.1) is 6.92 Å². The van der Waals surface area contributed by atoms with Crippen molar-refractivity contribution in [3.63, 3.8) is 0 Å². The van der Waals surface area contributed by atoms with E-state index in [0.29, 0.717) is 19.0 Å². The SMILES string of the molecule is CCNC(=NCC(O)Cc1ccccc1)NC1CCN(c2ccc(C)cc2)C1. The lowest BCUT2D eigenvalue weighted by Crippen LogP contribution is -2.45. The molecule has 1 aliphatic rings. The summed E-state index contributed by atoms with van der Waals surface area (Å²) < 4.78 is 0. The molecule has 2 atom stereocenters. The predicted molar refractivity (Wildman–Crippen MR) is 117 cm³/mol. The number of aryl methyl sites for hydroxylation is 1. The molecule has 1 aliphatic heterocycles. The molecule has 2 aromatic rings. The summed E-state index contributed by atoms with van der Waals surface area (Å²) in [5.41, 5.74) is 3.69. The monoisotopic (exact) mass is 380 g/mol. The van der Waals surface area contributed by atoms with E-state index in [9.17, 15) is 5.11 Å². The fourth-order valence-corrected chi connectivity index (χ4v) is 3.53. The van der Waals surface area contributed by atoms with E-state index in [1.807, 2.05) is 30.3 Å². The third kappa shape index (κ3) is 5.99. The molecular formula is C23H32N4O. The average molecular weight is 381 g/mol. The van der Waals surface area contributed by atoms with Crippen molar-refractivity contribution in [2.45, 2.75) is 38.8 Å². The van der Waals surface area contributed by atoms with E-state index in [-0.39, 0.29) is 0 Å². The second-order valence-electron chi connectivity index (χ2n) is 7.47. The van der Waals surface area contributed by atoms with Gasteiger partial charge < -0.3 is 20.6 Å². The standard InChI is InChI=1S/C23H32N4O/c1-3-24-23(25-16-22(28)15-19-7-5-4-6-8-19)26-20-13-14-27(17-20)21-11-9-18(2)10-12-21/h4-12,20,22,28H,3,13-17H2,1-2H3,(H2,24,25,26). The Bertz CT molecular complexity index is 745. The zero-order chi connectivity index (χ0) is 19.8. The maximum atomic E-state index is 10.3. The highest BCUT2D eigenvalue weighted by molar-refractivity contribution is 5.80. The Balaban J connectivity index is 1.52. The Morgan fingerprint density at radius 3 is 2.64 bits per heavy atom. The lowest BCUT2D eigenvalue weighted by molar-refractivity contribution is 0.183. The predicted octanol–water partition coefficient (Wildman–Crippen LogP) is 2.73. The first-order valence-electron chi connectivity index (χ1n) is 10.2. The number of benzene rings is 2. The number of guanidine groups is 1. The Labute approximate surface area is 168 Å². The number of nitrogens with one attached hydrogen (secondary N) is 2. The van der Waals surface area contributed by atoms with Crippen LogP contribution in [0.5, 0.6) is 0 Å². The molecular weight excluding hydrogens is 348 g/mol. The van der Waals surface area contributed by atoms with Crippen molar-refractivity contribution in [1.82, 2.24) is 10.6 Å². The maximum absolute atomic E-state index is 10.3. The topological polar surface area (TPSA) is 59.9 Å². The Kier molecular flexibility index (Phi) is 7.31. The number of aliphatic imine (C=N–C) groups is 1. The van der Waals surface area contributed by atoms with E-state index in [2.05, 4.69) is 58.6 Å². The van der Waals surface area contributed by atoms with Crippen LogP contribution in [0.3, 0.4) is 0 Å². The van der Waals surface area contributed by atoms with Crippen LogP contribution < -0.4 is 15.5 Å². The minimum atomic E-state index is -0.481. The van der Waals surface area contributed by atoms with Crippen molar-refractivity contribution in [3.05, 3.63) is 65.7 Å². The van der Waals surface area contributed by atoms with Crippen molar-refractivity contribution < 1.29 is 5.11 Å². The summed E-state index contributed by atoms with van der Waals surface area (Å²) in [7, 11) is 0. The number of aliphatic hydroxyl groups is 1. The third-order valence-corrected chi connectivity index (χ3v) is 5.05. The van der Waals surface area contributed by atoms with E-state index in [0.717, 1.165) is 37.6 Å². The van der Waals surface area contributed by atoms with Crippen LogP contribution in [0.2, 0.25) is 0 Å². The van der Waals surface area contributed by atoms with E-state index < -0.39 is 6.10 Å². The van der Waals surface area contributed by atoms with Gasteiger partial charge in [0.15, 0.2) is 5.96 Å². The Hall–Kier alpha value is -2.53. The van der Waals surface area contributed by atoms with Crippen molar-refractivity contribution >= 4 is 11.6 Å². The molecule has 28 heavy (non-hydrogen) atoms. The molecule has 2 unspecified atom stereocenters. The van der Waals surface area contributed by atoms with Gasteiger partial charge >= 0.3 is 0 Å². The minimum Gasteiger partial charge on any atom is -0.391 e. The quantitative estimate of drug-likeness (QED) is 0.511. The molecule has 0 radical (unpaired) electrons. The van der Waals surface area contributed by atoms with Crippen LogP contribution in [0.25, 0.3) is 0 Å². The lowest BCUT2D eigenvalue weighted by Gasteiger charge is -2.21. The van der Waals surface area contributed by atoms with Crippen LogP contribution >= 0.6 is 0 Å². The van der Waals surface area contributed by atoms with Crippen LogP contribution in [-0.2, 0) is 6.42 Å². The number of anilines is 1. The summed E-state index contributed by atoms with van der Waals surface area (Å²) in [6.45, 7) is 7.36. The largest absolute Gasteiger partial charge is 0.391 e. The minimum absolute atomic E-state index is 0.352. The van der Waals surface area contributed by atoms with Gasteiger partial charge in [0.2, 0.25) is 0 Å². The highest BCUT2D eigenvalue weighted by Crippen LogP contribution is 2.20. The third-order valence-electron chi connectivity index (χ3n) is 5.05. The highest BCUT2D eigenvalue weighted by atomic mass is 16.3. The van der Waals surface area contributed by atoms with Crippen molar-refractivity contribution in [3.8, 4) is 0 Å². The van der Waals surface area contributed by atoms with Gasteiger partial charge in [-0.25, -0.2) is 0 Å². The zero-order valence-corrected chi connectivity index (χ0v) is 16.9. The molecule has 0 saturated carbocycles. The molecule has 3 rings (SSSR count). The summed E-state index contributed by atoms with van der Waals surface area (Å²) in [5.74, 6) is 0.783. The molecule has 150 valence electrons. The van der Waals surface area contributed by atoms with Crippen LogP contribution in [0.4, 0.5) is 5.69 Å².